The first-order valence-electron chi connectivity index (χ1n) is 7.54. The second-order valence-corrected chi connectivity index (χ2v) is 5.05. The van der Waals surface area contributed by atoms with Gasteiger partial charge in [-0.25, -0.2) is 4.79 Å². The molecule has 0 radical (unpaired) electrons. The summed E-state index contributed by atoms with van der Waals surface area (Å²) in [5.41, 5.74) is 4.08. The van der Waals surface area contributed by atoms with Crippen molar-refractivity contribution >= 4 is 11.5 Å². The third-order valence-electron chi connectivity index (χ3n) is 3.60. The van der Waals surface area contributed by atoms with Gasteiger partial charge >= 0.3 is 5.97 Å². The Bertz CT molecular complexity index is 564. The summed E-state index contributed by atoms with van der Waals surface area (Å²) in [5.74, 6) is -0.232. The van der Waals surface area contributed by atoms with Crippen LogP contribution < -0.4 is 0 Å². The Morgan fingerprint density at radius 1 is 1.33 bits per heavy atom. The molecule has 1 aliphatic rings. The van der Waals surface area contributed by atoms with E-state index in [1.54, 1.807) is 6.08 Å². The van der Waals surface area contributed by atoms with Gasteiger partial charge in [-0.15, -0.1) is 6.58 Å². The fourth-order valence-corrected chi connectivity index (χ4v) is 2.71. The summed E-state index contributed by atoms with van der Waals surface area (Å²) in [6.45, 7) is 6.01. The molecular weight excluding hydrogens is 260 g/mol. The van der Waals surface area contributed by atoms with Crippen LogP contribution >= 0.6 is 0 Å². The molecule has 0 spiro atoms. The number of ether oxygens (including phenoxy) is 1. The molecule has 0 aliphatic heterocycles. The third-order valence-corrected chi connectivity index (χ3v) is 3.60. The van der Waals surface area contributed by atoms with Crippen LogP contribution in [0.5, 0.6) is 0 Å². The molecule has 110 valence electrons. The van der Waals surface area contributed by atoms with Crippen molar-refractivity contribution in [2.45, 2.75) is 32.6 Å². The zero-order chi connectivity index (χ0) is 15.1. The van der Waals surface area contributed by atoms with Crippen molar-refractivity contribution in [3.8, 4) is 0 Å². The van der Waals surface area contributed by atoms with Crippen LogP contribution in [-0.4, -0.2) is 12.6 Å². The Labute approximate surface area is 126 Å². The molecule has 0 N–H and O–H groups in total. The van der Waals surface area contributed by atoms with Crippen molar-refractivity contribution in [3.63, 3.8) is 0 Å². The van der Waals surface area contributed by atoms with E-state index < -0.39 is 0 Å². The van der Waals surface area contributed by atoms with E-state index in [1.165, 1.54) is 5.57 Å². The number of rotatable bonds is 6. The molecule has 0 fully saturated rings. The molecule has 1 aliphatic carbocycles. The fourth-order valence-electron chi connectivity index (χ4n) is 2.71. The van der Waals surface area contributed by atoms with Gasteiger partial charge in [0.2, 0.25) is 0 Å². The van der Waals surface area contributed by atoms with Crippen LogP contribution in [0.1, 0.15) is 38.2 Å². The van der Waals surface area contributed by atoms with Crippen LogP contribution in [0.4, 0.5) is 0 Å². The van der Waals surface area contributed by atoms with Gasteiger partial charge in [0.15, 0.2) is 0 Å². The lowest BCUT2D eigenvalue weighted by Crippen LogP contribution is -2.10. The number of hydrogen-bond donors (Lipinski definition) is 0. The maximum atomic E-state index is 12.3. The van der Waals surface area contributed by atoms with Gasteiger partial charge in [-0.1, -0.05) is 42.5 Å². The van der Waals surface area contributed by atoms with Crippen molar-refractivity contribution in [3.05, 3.63) is 65.8 Å². The summed E-state index contributed by atoms with van der Waals surface area (Å²) in [6, 6.07) is 10.1. The average Bonchev–Trinajstić information content (AvgIpc) is 3.02. The smallest absolute Gasteiger partial charge is 0.334 e. The van der Waals surface area contributed by atoms with Gasteiger partial charge in [0.1, 0.15) is 0 Å². The van der Waals surface area contributed by atoms with Gasteiger partial charge in [0.05, 0.1) is 6.61 Å². The predicted octanol–water partition coefficient (Wildman–Crippen LogP) is 4.69. The van der Waals surface area contributed by atoms with Crippen LogP contribution in [-0.2, 0) is 9.53 Å². The first-order chi connectivity index (χ1) is 10.3. The van der Waals surface area contributed by atoms with Gasteiger partial charge in [-0.05, 0) is 49.3 Å². The lowest BCUT2D eigenvalue weighted by atomic mass is 9.91. The van der Waals surface area contributed by atoms with Crippen LogP contribution in [0.15, 0.2) is 60.2 Å². The number of carbonyl (C=O) groups excluding carboxylic acids is 1. The van der Waals surface area contributed by atoms with E-state index in [1.807, 2.05) is 25.1 Å². The molecule has 0 saturated heterocycles. The van der Waals surface area contributed by atoms with Crippen molar-refractivity contribution in [1.82, 2.24) is 0 Å². The molecule has 0 aromatic heterocycles. The largest absolute Gasteiger partial charge is 0.463 e. The van der Waals surface area contributed by atoms with Crippen molar-refractivity contribution in [2.75, 3.05) is 6.61 Å². The predicted molar refractivity (Wildman–Crippen MR) is 86.7 cm³/mol. The minimum atomic E-state index is -0.232. The molecule has 21 heavy (non-hydrogen) atoms. The van der Waals surface area contributed by atoms with Crippen LogP contribution in [0.3, 0.4) is 0 Å². The maximum absolute atomic E-state index is 12.3. The summed E-state index contributed by atoms with van der Waals surface area (Å²) in [4.78, 5) is 12.3. The Kier molecular flexibility index (Phi) is 5.56. The Morgan fingerprint density at radius 2 is 2.10 bits per heavy atom. The Morgan fingerprint density at radius 3 is 2.67 bits per heavy atom. The molecule has 0 unspecified atom stereocenters. The summed E-state index contributed by atoms with van der Waals surface area (Å²) >= 11 is 0. The summed E-state index contributed by atoms with van der Waals surface area (Å²) in [5, 5.41) is 0. The van der Waals surface area contributed by atoms with Crippen molar-refractivity contribution < 1.29 is 9.53 Å². The Balaban J connectivity index is 2.55. The van der Waals surface area contributed by atoms with E-state index in [0.29, 0.717) is 18.6 Å². The van der Waals surface area contributed by atoms with Crippen LogP contribution in [0.2, 0.25) is 0 Å². The highest BCUT2D eigenvalue weighted by atomic mass is 16.5. The van der Waals surface area contributed by atoms with E-state index >= 15 is 0 Å². The SMILES string of the molecule is C=CC/C(C(=O)OCC)=C(/C1=CCCC1)c1ccccc1. The second-order valence-electron chi connectivity index (χ2n) is 5.05. The molecule has 0 bridgehead atoms. The molecule has 1 aromatic carbocycles. The van der Waals surface area contributed by atoms with Gasteiger partial charge in [-0.2, -0.15) is 0 Å². The zero-order valence-electron chi connectivity index (χ0n) is 12.6. The lowest BCUT2D eigenvalue weighted by molar-refractivity contribution is -0.138. The standard InChI is InChI=1S/C19H22O2/c1-3-10-17(19(20)21-4-2)18(16-13-8-9-14-16)15-11-6-5-7-12-15/h3,5-7,11-13H,1,4,8-10,14H2,2H3/b18-17-. The first-order valence-corrected chi connectivity index (χ1v) is 7.54. The van der Waals surface area contributed by atoms with E-state index in [2.05, 4.69) is 24.8 Å². The highest BCUT2D eigenvalue weighted by Gasteiger charge is 2.21. The molecule has 1 aromatic rings. The number of hydrogen-bond acceptors (Lipinski definition) is 2. The van der Waals surface area contributed by atoms with Gasteiger partial charge in [0, 0.05) is 5.57 Å². The summed E-state index contributed by atoms with van der Waals surface area (Å²) in [6.07, 6.45) is 7.78. The molecular formula is C19H22O2. The number of esters is 1. The Hall–Kier alpha value is -2.09. The van der Waals surface area contributed by atoms with E-state index in [9.17, 15) is 4.79 Å². The third kappa shape index (κ3) is 3.72. The first kappa shape index (κ1) is 15.3. The highest BCUT2D eigenvalue weighted by Crippen LogP contribution is 2.35. The topological polar surface area (TPSA) is 26.3 Å². The van der Waals surface area contributed by atoms with Crippen molar-refractivity contribution in [1.29, 1.82) is 0 Å². The van der Waals surface area contributed by atoms with E-state index in [0.717, 1.165) is 30.4 Å². The fraction of sp³-hybridized carbons (Fsp3) is 0.316. The second kappa shape index (κ2) is 7.63. The maximum Gasteiger partial charge on any atom is 0.334 e. The van der Waals surface area contributed by atoms with E-state index in [-0.39, 0.29) is 5.97 Å². The minimum Gasteiger partial charge on any atom is -0.463 e. The number of benzene rings is 1. The molecule has 2 heteroatoms. The van der Waals surface area contributed by atoms with Crippen LogP contribution in [0.25, 0.3) is 5.57 Å². The van der Waals surface area contributed by atoms with Crippen LogP contribution in [0, 0.1) is 0 Å². The highest BCUT2D eigenvalue weighted by molar-refractivity contribution is 6.02. The molecule has 0 amide bonds. The number of allylic oxidation sites excluding steroid dienone is 4. The summed E-state index contributed by atoms with van der Waals surface area (Å²) < 4.78 is 5.25. The summed E-state index contributed by atoms with van der Waals surface area (Å²) in [7, 11) is 0. The van der Waals surface area contributed by atoms with Crippen molar-refractivity contribution in [2.24, 2.45) is 0 Å². The van der Waals surface area contributed by atoms with Gasteiger partial charge in [-0.3, -0.25) is 0 Å². The molecule has 2 nitrogen and oxygen atoms in total. The average molecular weight is 282 g/mol. The van der Waals surface area contributed by atoms with E-state index in [4.69, 9.17) is 4.74 Å². The zero-order valence-corrected chi connectivity index (χ0v) is 12.6. The molecule has 2 rings (SSSR count). The molecule has 0 saturated carbocycles. The van der Waals surface area contributed by atoms with Gasteiger partial charge < -0.3 is 4.74 Å². The normalized spacial score (nSPS) is 15.2. The quantitative estimate of drug-likeness (QED) is 0.430. The molecule has 0 heterocycles. The lowest BCUT2D eigenvalue weighted by Gasteiger charge is -2.15. The number of carbonyl (C=O) groups is 1. The monoisotopic (exact) mass is 282 g/mol. The van der Waals surface area contributed by atoms with Gasteiger partial charge in [0.25, 0.3) is 0 Å². The minimum absolute atomic E-state index is 0.232. The molecule has 0 atom stereocenters.